The van der Waals surface area contributed by atoms with Crippen LogP contribution in [0.4, 0.5) is 0 Å². The van der Waals surface area contributed by atoms with Crippen LogP contribution < -0.4 is 0 Å². The average Bonchev–Trinajstić information content (AvgIpc) is 3.44. The molecule has 0 aliphatic heterocycles. The summed E-state index contributed by atoms with van der Waals surface area (Å²) < 4.78 is 0. The van der Waals surface area contributed by atoms with Gasteiger partial charge < -0.3 is 5.11 Å². The molecule has 1 aromatic heterocycles. The minimum Gasteiger partial charge on any atom is -0.512 e. The number of aliphatic hydroxyl groups excluding tert-OH is 1. The predicted molar refractivity (Wildman–Crippen MR) is 158 cm³/mol. The summed E-state index contributed by atoms with van der Waals surface area (Å²) in [6, 6.07) is 19.0. The largest absolute Gasteiger partial charge is 0.512 e. The summed E-state index contributed by atoms with van der Waals surface area (Å²) in [5, 5.41) is 10.9. The van der Waals surface area contributed by atoms with Crippen LogP contribution in [0.5, 0.6) is 0 Å². The number of aliphatic hydroxyl groups is 1. The van der Waals surface area contributed by atoms with Gasteiger partial charge in [-0.2, -0.15) is 0 Å². The first-order valence-electron chi connectivity index (χ1n) is 14.0. The molecule has 0 spiro atoms. The number of pyridine rings is 1. The number of benzene rings is 2. The molecule has 1 N–H and O–H groups in total. The van der Waals surface area contributed by atoms with Gasteiger partial charge in [-0.25, -0.2) is 0 Å². The number of hydrogen-bond acceptors (Lipinski definition) is 3. The van der Waals surface area contributed by atoms with Crippen LogP contribution in [-0.4, -0.2) is 15.9 Å². The van der Waals surface area contributed by atoms with E-state index < -0.39 is 5.41 Å². The van der Waals surface area contributed by atoms with Crippen molar-refractivity contribution in [1.29, 1.82) is 0 Å². The number of rotatable bonds is 3. The summed E-state index contributed by atoms with van der Waals surface area (Å²) >= 11 is 0. The van der Waals surface area contributed by atoms with E-state index in [1.807, 2.05) is 41.5 Å². The van der Waals surface area contributed by atoms with Crippen LogP contribution in [0.3, 0.4) is 0 Å². The first kappa shape index (κ1) is 31.2. The number of aryl methyl sites for hydroxylation is 2. The van der Waals surface area contributed by atoms with Crippen molar-refractivity contribution in [2.45, 2.75) is 92.9 Å². The molecule has 2 aliphatic rings. The quantitative estimate of drug-likeness (QED) is 0.168. The van der Waals surface area contributed by atoms with Crippen molar-refractivity contribution < 1.29 is 30.0 Å². The SMILES string of the molecule is CC(C)(C)C(=O)/C=C(\O)C(C)(C)C.Cc1[c-]c(-c2ccc3c(C45CCC(CC4)C5)cccc3n2)cc(C)c1.[Ir]. The van der Waals surface area contributed by atoms with Crippen molar-refractivity contribution >= 4 is 16.7 Å². The second-order valence-corrected chi connectivity index (χ2v) is 13.6. The number of nitrogens with zero attached hydrogens (tertiary/aromatic N) is 1. The number of carbonyl (C=O) groups excluding carboxylic acids is 1. The molecule has 2 bridgehead atoms. The van der Waals surface area contributed by atoms with Crippen molar-refractivity contribution in [2.24, 2.45) is 16.7 Å². The molecule has 2 saturated carbocycles. The Morgan fingerprint density at radius 3 is 2.21 bits per heavy atom. The Bertz CT molecular complexity index is 1350. The Morgan fingerprint density at radius 1 is 1.00 bits per heavy atom. The van der Waals surface area contributed by atoms with E-state index in [4.69, 9.17) is 4.98 Å². The van der Waals surface area contributed by atoms with Gasteiger partial charge in [-0.15, -0.1) is 34.9 Å². The van der Waals surface area contributed by atoms with E-state index in [2.05, 4.69) is 62.4 Å². The van der Waals surface area contributed by atoms with E-state index in [-0.39, 0.29) is 37.1 Å². The smallest absolute Gasteiger partial charge is 0.164 e. The maximum atomic E-state index is 11.5. The molecule has 211 valence electrons. The molecule has 3 aromatic rings. The second-order valence-electron chi connectivity index (χ2n) is 13.6. The van der Waals surface area contributed by atoms with E-state index in [1.165, 1.54) is 54.7 Å². The second kappa shape index (κ2) is 11.7. The zero-order valence-electron chi connectivity index (χ0n) is 24.9. The summed E-state index contributed by atoms with van der Waals surface area (Å²) in [6.07, 6.45) is 8.28. The molecule has 39 heavy (non-hydrogen) atoms. The van der Waals surface area contributed by atoms with E-state index in [0.29, 0.717) is 5.41 Å². The van der Waals surface area contributed by atoms with Gasteiger partial charge in [-0.3, -0.25) is 9.78 Å². The molecule has 2 aliphatic carbocycles. The molecular weight excluding hydrogens is 659 g/mol. The minimum absolute atomic E-state index is 0. The standard InChI is InChI=1S/C24H24N.C11H20O2.Ir/c1-16-12-17(2)14-19(13-16)22-7-6-20-21(4-3-5-23(20)25-22)24-10-8-18(15-24)9-11-24;1-10(2,3)8(12)7-9(13)11(4,5)6;/h3-7,12-13,18H,8-11,15H2,1-2H3;7,12H,1-6H3;/q-1;;/b;8-7-;. The molecule has 4 heteroatoms. The van der Waals surface area contributed by atoms with Gasteiger partial charge in [-0.1, -0.05) is 79.7 Å². The first-order valence-corrected chi connectivity index (χ1v) is 14.0. The topological polar surface area (TPSA) is 50.2 Å². The van der Waals surface area contributed by atoms with Crippen LogP contribution in [-0.2, 0) is 30.3 Å². The van der Waals surface area contributed by atoms with Crippen LogP contribution >= 0.6 is 0 Å². The zero-order chi connectivity index (χ0) is 27.9. The van der Waals surface area contributed by atoms with Crippen LogP contribution in [0.15, 0.2) is 54.3 Å². The number of aromatic nitrogens is 1. The maximum Gasteiger partial charge on any atom is 0.164 e. The van der Waals surface area contributed by atoms with Gasteiger partial charge in [0.05, 0.1) is 5.52 Å². The molecule has 3 nitrogen and oxygen atoms in total. The van der Waals surface area contributed by atoms with E-state index >= 15 is 0 Å². The summed E-state index contributed by atoms with van der Waals surface area (Å²) in [4.78, 5) is 16.5. The molecule has 2 fully saturated rings. The van der Waals surface area contributed by atoms with Crippen LogP contribution in [0.1, 0.15) is 90.3 Å². The van der Waals surface area contributed by atoms with Gasteiger partial charge in [0.1, 0.15) is 5.76 Å². The van der Waals surface area contributed by atoms with Crippen LogP contribution in [0.2, 0.25) is 0 Å². The molecule has 0 saturated heterocycles. The fourth-order valence-corrected chi connectivity index (χ4v) is 5.93. The minimum atomic E-state index is -0.417. The van der Waals surface area contributed by atoms with Crippen molar-refractivity contribution in [1.82, 2.24) is 4.98 Å². The molecule has 5 rings (SSSR count). The Morgan fingerprint density at radius 2 is 1.67 bits per heavy atom. The Hall–Kier alpha value is -2.29. The third-order valence-corrected chi connectivity index (χ3v) is 8.24. The first-order chi connectivity index (χ1) is 17.7. The van der Waals surface area contributed by atoms with E-state index in [9.17, 15) is 9.90 Å². The van der Waals surface area contributed by atoms with Gasteiger partial charge in [0.15, 0.2) is 5.78 Å². The van der Waals surface area contributed by atoms with Crippen molar-refractivity contribution in [3.63, 3.8) is 0 Å². The Labute approximate surface area is 248 Å². The van der Waals surface area contributed by atoms with Crippen molar-refractivity contribution in [3.05, 3.63) is 77.1 Å². The average molecular weight is 703 g/mol. The van der Waals surface area contributed by atoms with Gasteiger partial charge in [-0.05, 0) is 60.8 Å². The van der Waals surface area contributed by atoms with E-state index in [1.54, 1.807) is 5.56 Å². The number of carbonyl (C=O) groups is 1. The maximum absolute atomic E-state index is 11.5. The molecular formula is C35H44IrNO2-. The summed E-state index contributed by atoms with van der Waals surface area (Å²) in [5.74, 6) is 1.07. The van der Waals surface area contributed by atoms with Crippen LogP contribution in [0, 0.1) is 36.7 Å². The monoisotopic (exact) mass is 703 g/mol. The fourth-order valence-electron chi connectivity index (χ4n) is 5.93. The molecule has 0 atom stereocenters. The molecule has 0 amide bonds. The van der Waals surface area contributed by atoms with Gasteiger partial charge in [0.25, 0.3) is 0 Å². The summed E-state index contributed by atoms with van der Waals surface area (Å²) in [6.45, 7) is 15.4. The number of hydrogen-bond donors (Lipinski definition) is 1. The molecule has 1 heterocycles. The van der Waals surface area contributed by atoms with Crippen molar-refractivity contribution in [2.75, 3.05) is 0 Å². The Kier molecular flexibility index (Phi) is 9.35. The zero-order valence-corrected chi connectivity index (χ0v) is 27.3. The number of ketones is 1. The third kappa shape index (κ3) is 7.08. The molecule has 1 radical (unpaired) electrons. The summed E-state index contributed by atoms with van der Waals surface area (Å²) in [5.41, 5.74) is 6.92. The number of fused-ring (bicyclic) bond motifs is 3. The number of allylic oxidation sites excluding steroid dienone is 2. The third-order valence-electron chi connectivity index (χ3n) is 8.24. The molecule has 0 unspecified atom stereocenters. The van der Waals surface area contributed by atoms with Crippen LogP contribution in [0.25, 0.3) is 22.2 Å². The summed E-state index contributed by atoms with van der Waals surface area (Å²) in [7, 11) is 0. The van der Waals surface area contributed by atoms with Crippen molar-refractivity contribution in [3.8, 4) is 11.3 Å². The predicted octanol–water partition coefficient (Wildman–Crippen LogP) is 9.24. The van der Waals surface area contributed by atoms with Gasteiger partial charge >= 0.3 is 0 Å². The van der Waals surface area contributed by atoms with Gasteiger partial charge in [0, 0.05) is 42.4 Å². The van der Waals surface area contributed by atoms with E-state index in [0.717, 1.165) is 22.7 Å². The molecule has 2 aromatic carbocycles. The van der Waals surface area contributed by atoms with Gasteiger partial charge in [0.2, 0.25) is 0 Å². The Balaban J connectivity index is 0.000000260. The normalized spacial score (nSPS) is 20.8. The fraction of sp³-hybridized carbons (Fsp3) is 0.486.